The number of hydrogen-bond donors (Lipinski definition) is 2. The van der Waals surface area contributed by atoms with Crippen molar-refractivity contribution in [1.82, 2.24) is 5.32 Å². The summed E-state index contributed by atoms with van der Waals surface area (Å²) >= 11 is 0. The number of carbonyl (C=O) groups is 1. The van der Waals surface area contributed by atoms with Crippen molar-refractivity contribution in [3.8, 4) is 0 Å². The molecular weight excluding hydrogens is 276 g/mol. The molecule has 4 heteroatoms. The maximum Gasteiger partial charge on any atom is 0.237 e. The maximum absolute atomic E-state index is 12.0. The molecule has 0 spiro atoms. The predicted octanol–water partition coefficient (Wildman–Crippen LogP) is 2.41. The number of nitrogens with two attached hydrogens (primary N) is 1. The number of benzene rings is 1. The Labute approximate surface area is 133 Å². The number of rotatable bonds is 7. The minimum atomic E-state index is -0.500. The van der Waals surface area contributed by atoms with Gasteiger partial charge < -0.3 is 15.8 Å². The van der Waals surface area contributed by atoms with Gasteiger partial charge >= 0.3 is 0 Å². The van der Waals surface area contributed by atoms with Crippen LogP contribution in [0.1, 0.15) is 44.1 Å². The second kappa shape index (κ2) is 9.59. The smallest absolute Gasteiger partial charge is 0.237 e. The summed E-state index contributed by atoms with van der Waals surface area (Å²) in [7, 11) is 0. The lowest BCUT2D eigenvalue weighted by Crippen LogP contribution is -2.43. The molecule has 3 N–H and O–H groups in total. The zero-order chi connectivity index (χ0) is 15.6. The topological polar surface area (TPSA) is 64.4 Å². The Morgan fingerprint density at radius 2 is 1.86 bits per heavy atom. The third-order valence-electron chi connectivity index (χ3n) is 4.19. The molecule has 0 aromatic heterocycles. The molecular formula is C18H28N2O2. The molecule has 0 unspecified atom stereocenters. The number of amides is 1. The van der Waals surface area contributed by atoms with Crippen molar-refractivity contribution < 1.29 is 9.53 Å². The number of hydrogen-bond acceptors (Lipinski definition) is 3. The third-order valence-corrected chi connectivity index (χ3v) is 4.19. The van der Waals surface area contributed by atoms with Gasteiger partial charge in [-0.05, 0) is 24.8 Å². The number of carbonyl (C=O) groups excluding carboxylic acids is 1. The largest absolute Gasteiger partial charge is 0.376 e. The molecule has 1 amide bonds. The highest BCUT2D eigenvalue weighted by atomic mass is 16.5. The van der Waals surface area contributed by atoms with E-state index in [1.165, 1.54) is 25.7 Å². The van der Waals surface area contributed by atoms with E-state index >= 15 is 0 Å². The summed E-state index contributed by atoms with van der Waals surface area (Å²) in [6, 6.07) is 9.35. The molecule has 4 nitrogen and oxygen atoms in total. The first-order valence-corrected chi connectivity index (χ1v) is 8.44. The molecule has 122 valence electrons. The van der Waals surface area contributed by atoms with E-state index in [4.69, 9.17) is 10.5 Å². The molecule has 0 saturated heterocycles. The standard InChI is InChI=1S/C18H28N2O2/c19-17(14-15-8-4-3-5-9-15)18(21)20-12-13-22-16-10-6-1-2-7-11-16/h3-5,8-9,16-17H,1-2,6-7,10-14,19H2,(H,20,21)/t17-/m0/s1. The van der Waals surface area contributed by atoms with Gasteiger partial charge in [-0.1, -0.05) is 56.0 Å². The highest BCUT2D eigenvalue weighted by Gasteiger charge is 2.15. The Bertz CT molecular complexity index is 428. The van der Waals surface area contributed by atoms with Gasteiger partial charge in [0.1, 0.15) is 0 Å². The summed E-state index contributed by atoms with van der Waals surface area (Å²) in [5.41, 5.74) is 7.03. The van der Waals surface area contributed by atoms with E-state index in [2.05, 4.69) is 5.32 Å². The molecule has 1 aliphatic rings. The Balaban J connectivity index is 1.60. The van der Waals surface area contributed by atoms with Crippen LogP contribution in [0.2, 0.25) is 0 Å². The van der Waals surface area contributed by atoms with E-state index in [0.717, 1.165) is 18.4 Å². The highest BCUT2D eigenvalue weighted by molar-refractivity contribution is 5.81. The van der Waals surface area contributed by atoms with E-state index in [-0.39, 0.29) is 5.91 Å². The van der Waals surface area contributed by atoms with Crippen molar-refractivity contribution in [2.45, 2.75) is 57.1 Å². The van der Waals surface area contributed by atoms with Gasteiger partial charge in [-0.3, -0.25) is 4.79 Å². The van der Waals surface area contributed by atoms with Crippen LogP contribution in [0, 0.1) is 0 Å². The summed E-state index contributed by atoms with van der Waals surface area (Å²) in [4.78, 5) is 12.0. The first-order valence-electron chi connectivity index (χ1n) is 8.44. The van der Waals surface area contributed by atoms with Crippen LogP contribution >= 0.6 is 0 Å². The van der Waals surface area contributed by atoms with Gasteiger partial charge in [0.2, 0.25) is 5.91 Å². The predicted molar refractivity (Wildman–Crippen MR) is 88.6 cm³/mol. The molecule has 0 heterocycles. The van der Waals surface area contributed by atoms with Gasteiger partial charge in [-0.25, -0.2) is 0 Å². The summed E-state index contributed by atoms with van der Waals surface area (Å²) < 4.78 is 5.86. The molecule has 0 bridgehead atoms. The van der Waals surface area contributed by atoms with Crippen LogP contribution in [-0.4, -0.2) is 31.2 Å². The second-order valence-electron chi connectivity index (χ2n) is 6.07. The van der Waals surface area contributed by atoms with Crippen LogP contribution in [0.5, 0.6) is 0 Å². The van der Waals surface area contributed by atoms with Gasteiger partial charge in [0, 0.05) is 6.54 Å². The Morgan fingerprint density at radius 1 is 1.18 bits per heavy atom. The molecule has 1 saturated carbocycles. The quantitative estimate of drug-likeness (QED) is 0.600. The van der Waals surface area contributed by atoms with Gasteiger partial charge in [0.05, 0.1) is 18.8 Å². The fourth-order valence-corrected chi connectivity index (χ4v) is 2.90. The number of ether oxygens (including phenoxy) is 1. The van der Waals surface area contributed by atoms with Gasteiger partial charge in [0.15, 0.2) is 0 Å². The van der Waals surface area contributed by atoms with E-state index in [9.17, 15) is 4.79 Å². The summed E-state index contributed by atoms with van der Waals surface area (Å²) in [5.74, 6) is -0.103. The zero-order valence-electron chi connectivity index (χ0n) is 13.3. The molecule has 1 atom stereocenters. The zero-order valence-corrected chi connectivity index (χ0v) is 13.3. The maximum atomic E-state index is 12.0. The average molecular weight is 304 g/mol. The molecule has 22 heavy (non-hydrogen) atoms. The fourth-order valence-electron chi connectivity index (χ4n) is 2.90. The highest BCUT2D eigenvalue weighted by Crippen LogP contribution is 2.19. The van der Waals surface area contributed by atoms with Gasteiger partial charge in [-0.2, -0.15) is 0 Å². The molecule has 0 aliphatic heterocycles. The van der Waals surface area contributed by atoms with E-state index in [0.29, 0.717) is 25.7 Å². The normalized spacial score (nSPS) is 17.7. The van der Waals surface area contributed by atoms with Crippen LogP contribution < -0.4 is 11.1 Å². The number of nitrogens with one attached hydrogen (secondary N) is 1. The van der Waals surface area contributed by atoms with Crippen LogP contribution in [0.4, 0.5) is 0 Å². The van der Waals surface area contributed by atoms with Crippen LogP contribution in [0.3, 0.4) is 0 Å². The van der Waals surface area contributed by atoms with Crippen molar-refractivity contribution in [1.29, 1.82) is 0 Å². The molecule has 1 aliphatic carbocycles. The molecule has 0 radical (unpaired) electrons. The van der Waals surface area contributed by atoms with Crippen molar-refractivity contribution in [2.24, 2.45) is 5.73 Å². The minimum Gasteiger partial charge on any atom is -0.376 e. The van der Waals surface area contributed by atoms with Gasteiger partial charge in [-0.15, -0.1) is 0 Å². The summed E-state index contributed by atoms with van der Waals surface area (Å²) in [5, 5.41) is 2.87. The van der Waals surface area contributed by atoms with Crippen molar-refractivity contribution in [3.63, 3.8) is 0 Å². The molecule has 2 rings (SSSR count). The fraction of sp³-hybridized carbons (Fsp3) is 0.611. The monoisotopic (exact) mass is 304 g/mol. The average Bonchev–Trinajstić information content (AvgIpc) is 2.81. The van der Waals surface area contributed by atoms with Crippen LogP contribution in [-0.2, 0) is 16.0 Å². The summed E-state index contributed by atoms with van der Waals surface area (Å²) in [6.07, 6.45) is 8.42. The van der Waals surface area contributed by atoms with Crippen molar-refractivity contribution >= 4 is 5.91 Å². The lowest BCUT2D eigenvalue weighted by atomic mass is 10.1. The summed E-state index contributed by atoms with van der Waals surface area (Å²) in [6.45, 7) is 1.12. The van der Waals surface area contributed by atoms with E-state index in [1.54, 1.807) is 0 Å². The third kappa shape index (κ3) is 6.16. The Hall–Kier alpha value is -1.39. The molecule has 1 aromatic rings. The van der Waals surface area contributed by atoms with Crippen molar-refractivity contribution in [2.75, 3.05) is 13.2 Å². The minimum absolute atomic E-state index is 0.103. The first kappa shape index (κ1) is 17.0. The lowest BCUT2D eigenvalue weighted by molar-refractivity contribution is -0.122. The van der Waals surface area contributed by atoms with Crippen molar-refractivity contribution in [3.05, 3.63) is 35.9 Å². The Kier molecular flexibility index (Phi) is 7.40. The lowest BCUT2D eigenvalue weighted by Gasteiger charge is -2.16. The Morgan fingerprint density at radius 3 is 2.55 bits per heavy atom. The molecule has 1 aromatic carbocycles. The molecule has 1 fully saturated rings. The van der Waals surface area contributed by atoms with E-state index in [1.807, 2.05) is 30.3 Å². The van der Waals surface area contributed by atoms with Gasteiger partial charge in [0.25, 0.3) is 0 Å². The first-order chi connectivity index (χ1) is 10.8. The SMILES string of the molecule is N[C@@H](Cc1ccccc1)C(=O)NCCOC1CCCCCC1. The second-order valence-corrected chi connectivity index (χ2v) is 6.07. The van der Waals surface area contributed by atoms with E-state index < -0.39 is 6.04 Å². The van der Waals surface area contributed by atoms with Crippen LogP contribution in [0.15, 0.2) is 30.3 Å². The van der Waals surface area contributed by atoms with Crippen LogP contribution in [0.25, 0.3) is 0 Å².